The van der Waals surface area contributed by atoms with Crippen molar-refractivity contribution in [1.29, 1.82) is 0 Å². The minimum Gasteiger partial charge on any atom is -0.368 e. The SMILES string of the molecule is Cc1ccc2nc(Sc3cc(Cl)nc(N)n3)[nH]c2c1. The first kappa shape index (κ1) is 12.3. The Labute approximate surface area is 118 Å². The molecule has 7 heteroatoms. The van der Waals surface area contributed by atoms with Gasteiger partial charge >= 0.3 is 0 Å². The Bertz CT molecular complexity index is 735. The summed E-state index contributed by atoms with van der Waals surface area (Å²) >= 11 is 7.21. The molecule has 0 radical (unpaired) electrons. The van der Waals surface area contributed by atoms with Crippen LogP contribution in [-0.2, 0) is 0 Å². The Morgan fingerprint density at radius 3 is 2.84 bits per heavy atom. The number of nitrogens with zero attached hydrogens (tertiary/aromatic N) is 3. The predicted molar refractivity (Wildman–Crippen MR) is 76.4 cm³/mol. The number of hydrogen-bond donors (Lipinski definition) is 2. The lowest BCUT2D eigenvalue weighted by Gasteiger charge is -1.98. The summed E-state index contributed by atoms with van der Waals surface area (Å²) in [7, 11) is 0. The van der Waals surface area contributed by atoms with Gasteiger partial charge in [0.2, 0.25) is 5.95 Å². The molecule has 0 amide bonds. The smallest absolute Gasteiger partial charge is 0.222 e. The van der Waals surface area contributed by atoms with Gasteiger partial charge < -0.3 is 10.7 Å². The summed E-state index contributed by atoms with van der Waals surface area (Å²) in [6.45, 7) is 2.04. The van der Waals surface area contributed by atoms with E-state index in [1.807, 2.05) is 25.1 Å². The minimum absolute atomic E-state index is 0.155. The Morgan fingerprint density at radius 1 is 1.21 bits per heavy atom. The van der Waals surface area contributed by atoms with Crippen molar-refractivity contribution in [2.24, 2.45) is 0 Å². The summed E-state index contributed by atoms with van der Waals surface area (Å²) in [5.41, 5.74) is 8.65. The number of aromatic nitrogens is 4. The molecule has 3 N–H and O–H groups in total. The maximum atomic E-state index is 5.84. The molecular formula is C12H10ClN5S. The molecule has 2 aromatic heterocycles. The third-order valence-corrected chi connectivity index (χ3v) is 3.50. The predicted octanol–water partition coefficient (Wildman–Crippen LogP) is 3.05. The van der Waals surface area contributed by atoms with E-state index < -0.39 is 0 Å². The third kappa shape index (κ3) is 2.64. The first-order valence-electron chi connectivity index (χ1n) is 5.54. The first-order valence-corrected chi connectivity index (χ1v) is 6.74. The van der Waals surface area contributed by atoms with Gasteiger partial charge in [-0.3, -0.25) is 0 Å². The summed E-state index contributed by atoms with van der Waals surface area (Å²) in [5.74, 6) is 0.155. The van der Waals surface area contributed by atoms with Crippen molar-refractivity contribution in [2.45, 2.75) is 17.1 Å². The lowest BCUT2D eigenvalue weighted by Crippen LogP contribution is -1.95. The number of anilines is 1. The summed E-state index contributed by atoms with van der Waals surface area (Å²) in [4.78, 5) is 15.6. The number of halogens is 1. The van der Waals surface area contributed by atoms with Crippen LogP contribution in [0.15, 0.2) is 34.4 Å². The quantitative estimate of drug-likeness (QED) is 0.709. The zero-order chi connectivity index (χ0) is 13.4. The molecule has 0 unspecified atom stereocenters. The summed E-state index contributed by atoms with van der Waals surface area (Å²) < 4.78 is 0. The molecular weight excluding hydrogens is 282 g/mol. The number of hydrogen-bond acceptors (Lipinski definition) is 5. The Kier molecular flexibility index (Phi) is 3.04. The molecule has 0 fully saturated rings. The number of nitrogens with two attached hydrogens (primary N) is 1. The van der Waals surface area contributed by atoms with Crippen molar-refractivity contribution in [3.63, 3.8) is 0 Å². The molecule has 0 atom stereocenters. The molecule has 5 nitrogen and oxygen atoms in total. The maximum Gasteiger partial charge on any atom is 0.222 e. The monoisotopic (exact) mass is 291 g/mol. The van der Waals surface area contributed by atoms with Crippen molar-refractivity contribution in [2.75, 3.05) is 5.73 Å². The number of aromatic amines is 1. The highest BCUT2D eigenvalue weighted by Gasteiger charge is 2.07. The highest BCUT2D eigenvalue weighted by atomic mass is 35.5. The molecule has 96 valence electrons. The van der Waals surface area contributed by atoms with E-state index in [1.165, 1.54) is 17.3 Å². The van der Waals surface area contributed by atoms with Gasteiger partial charge in [-0.2, -0.15) is 0 Å². The largest absolute Gasteiger partial charge is 0.368 e. The van der Waals surface area contributed by atoms with E-state index in [-0.39, 0.29) is 5.95 Å². The number of fused-ring (bicyclic) bond motifs is 1. The number of H-pyrrole nitrogens is 1. The van der Waals surface area contributed by atoms with Crippen LogP contribution in [0.2, 0.25) is 5.15 Å². The highest BCUT2D eigenvalue weighted by molar-refractivity contribution is 7.99. The molecule has 19 heavy (non-hydrogen) atoms. The van der Waals surface area contributed by atoms with Crippen LogP contribution >= 0.6 is 23.4 Å². The van der Waals surface area contributed by atoms with Crippen molar-refractivity contribution in [1.82, 2.24) is 19.9 Å². The average Bonchev–Trinajstić information content (AvgIpc) is 2.68. The second-order valence-corrected chi connectivity index (χ2v) is 5.45. The van der Waals surface area contributed by atoms with Crippen molar-refractivity contribution in [3.8, 4) is 0 Å². The van der Waals surface area contributed by atoms with Gasteiger partial charge in [-0.1, -0.05) is 17.7 Å². The number of rotatable bonds is 2. The van der Waals surface area contributed by atoms with E-state index in [2.05, 4.69) is 19.9 Å². The van der Waals surface area contributed by atoms with E-state index >= 15 is 0 Å². The molecule has 0 aliphatic heterocycles. The highest BCUT2D eigenvalue weighted by Crippen LogP contribution is 2.27. The minimum atomic E-state index is 0.155. The molecule has 0 bridgehead atoms. The average molecular weight is 292 g/mol. The summed E-state index contributed by atoms with van der Waals surface area (Å²) in [5, 5.41) is 1.73. The standard InChI is InChI=1S/C12H10ClN5S/c1-6-2-3-7-8(4-6)16-12(15-7)19-10-5-9(13)17-11(14)18-10/h2-5H,1H3,(H,15,16)(H2,14,17,18). The van der Waals surface area contributed by atoms with E-state index in [9.17, 15) is 0 Å². The first-order chi connectivity index (χ1) is 9.10. The lowest BCUT2D eigenvalue weighted by molar-refractivity contribution is 1.03. The maximum absolute atomic E-state index is 5.84. The molecule has 3 rings (SSSR count). The number of nitrogens with one attached hydrogen (secondary N) is 1. The molecule has 0 spiro atoms. The van der Waals surface area contributed by atoms with Crippen LogP contribution in [0.5, 0.6) is 0 Å². The zero-order valence-corrected chi connectivity index (χ0v) is 11.6. The van der Waals surface area contributed by atoms with Crippen molar-refractivity contribution in [3.05, 3.63) is 35.0 Å². The molecule has 0 saturated heterocycles. The number of imidazole rings is 1. The molecule has 3 aromatic rings. The second-order valence-electron chi connectivity index (χ2n) is 4.05. The van der Waals surface area contributed by atoms with Crippen LogP contribution in [0.1, 0.15) is 5.56 Å². The van der Waals surface area contributed by atoms with Gasteiger partial charge in [-0.05, 0) is 36.4 Å². The van der Waals surface area contributed by atoms with Crippen LogP contribution in [-0.4, -0.2) is 19.9 Å². The van der Waals surface area contributed by atoms with Gasteiger partial charge in [-0.15, -0.1) is 0 Å². The molecule has 2 heterocycles. The number of benzene rings is 1. The molecule has 0 aliphatic rings. The fourth-order valence-corrected chi connectivity index (χ4v) is 2.78. The normalized spacial score (nSPS) is 11.1. The molecule has 1 aromatic carbocycles. The van der Waals surface area contributed by atoms with Gasteiger partial charge in [0.15, 0.2) is 5.16 Å². The number of nitrogen functional groups attached to an aromatic ring is 1. The fraction of sp³-hybridized carbons (Fsp3) is 0.0833. The Balaban J connectivity index is 1.96. The fourth-order valence-electron chi connectivity index (χ4n) is 1.71. The van der Waals surface area contributed by atoms with Crippen LogP contribution in [0, 0.1) is 6.92 Å². The topological polar surface area (TPSA) is 80.5 Å². The van der Waals surface area contributed by atoms with Crippen LogP contribution in [0.4, 0.5) is 5.95 Å². The van der Waals surface area contributed by atoms with Gasteiger partial charge in [0.05, 0.1) is 11.0 Å². The van der Waals surface area contributed by atoms with Gasteiger partial charge in [0.1, 0.15) is 10.2 Å². The molecule has 0 saturated carbocycles. The second kappa shape index (κ2) is 4.71. The van der Waals surface area contributed by atoms with Crippen LogP contribution in [0.3, 0.4) is 0 Å². The zero-order valence-electron chi connectivity index (χ0n) is 10.0. The lowest BCUT2D eigenvalue weighted by atomic mass is 10.2. The van der Waals surface area contributed by atoms with Crippen LogP contribution in [0.25, 0.3) is 11.0 Å². The van der Waals surface area contributed by atoms with Gasteiger partial charge in [0, 0.05) is 6.07 Å². The van der Waals surface area contributed by atoms with Crippen molar-refractivity contribution >= 4 is 40.3 Å². The van der Waals surface area contributed by atoms with Crippen molar-refractivity contribution < 1.29 is 0 Å². The van der Waals surface area contributed by atoms with E-state index in [0.29, 0.717) is 10.2 Å². The van der Waals surface area contributed by atoms with Gasteiger partial charge in [-0.25, -0.2) is 15.0 Å². The molecule has 0 aliphatic carbocycles. The van der Waals surface area contributed by atoms with Gasteiger partial charge in [0.25, 0.3) is 0 Å². The van der Waals surface area contributed by atoms with E-state index in [0.717, 1.165) is 16.2 Å². The van der Waals surface area contributed by atoms with Crippen LogP contribution < -0.4 is 5.73 Å². The summed E-state index contributed by atoms with van der Waals surface area (Å²) in [6, 6.07) is 7.71. The van der Waals surface area contributed by atoms with E-state index in [4.69, 9.17) is 17.3 Å². The summed E-state index contributed by atoms with van der Waals surface area (Å²) in [6.07, 6.45) is 0. The Hall–Kier alpha value is -1.79. The van der Waals surface area contributed by atoms with E-state index in [1.54, 1.807) is 6.07 Å². The third-order valence-electron chi connectivity index (χ3n) is 2.51. The Morgan fingerprint density at radius 2 is 2.05 bits per heavy atom. The number of aryl methyl sites for hydroxylation is 1.